The quantitative estimate of drug-likeness (QED) is 0.600. The van der Waals surface area contributed by atoms with Crippen LogP contribution < -0.4 is 4.80 Å². The number of rotatable bonds is 4. The van der Waals surface area contributed by atoms with Crippen molar-refractivity contribution in [2.45, 2.75) is 32.2 Å². The molecule has 0 unspecified atom stereocenters. The lowest BCUT2D eigenvalue weighted by Crippen LogP contribution is -2.40. The largest absolute Gasteiger partial charge is 0.379 e. The van der Waals surface area contributed by atoms with Gasteiger partial charge in [-0.15, -0.1) is 0 Å². The number of hydrogen-bond acceptors (Lipinski definition) is 5. The molecule has 1 aliphatic rings. The number of fused-ring (bicyclic) bond motifs is 1. The number of aryl methyl sites for hydroxylation is 3. The third-order valence-electron chi connectivity index (χ3n) is 5.59. The van der Waals surface area contributed by atoms with E-state index in [1.807, 2.05) is 6.92 Å². The lowest BCUT2D eigenvalue weighted by molar-refractivity contribution is 0.0730. The van der Waals surface area contributed by atoms with Gasteiger partial charge in [0.1, 0.15) is 0 Å². The predicted molar refractivity (Wildman–Crippen MR) is 121 cm³/mol. The van der Waals surface area contributed by atoms with Gasteiger partial charge in [-0.25, -0.2) is 8.42 Å². The van der Waals surface area contributed by atoms with Crippen molar-refractivity contribution in [3.63, 3.8) is 0 Å². The molecule has 2 heterocycles. The van der Waals surface area contributed by atoms with E-state index in [1.54, 1.807) is 0 Å². The minimum atomic E-state index is -3.59. The Morgan fingerprint density at radius 1 is 1.10 bits per heavy atom. The molecular weight excluding hydrogens is 434 g/mol. The van der Waals surface area contributed by atoms with E-state index in [4.69, 9.17) is 4.74 Å². The van der Waals surface area contributed by atoms with E-state index in [2.05, 4.69) is 35.5 Å². The van der Waals surface area contributed by atoms with E-state index < -0.39 is 15.9 Å². The average Bonchev–Trinajstić information content (AvgIpc) is 3.14. The van der Waals surface area contributed by atoms with Crippen molar-refractivity contribution in [2.75, 3.05) is 26.3 Å². The van der Waals surface area contributed by atoms with Gasteiger partial charge in [0.05, 0.1) is 28.3 Å². The molecule has 31 heavy (non-hydrogen) atoms. The number of morpholine rings is 1. The zero-order valence-corrected chi connectivity index (χ0v) is 19.4. The SMILES string of the molecule is CCn1c(=NC(=O)c2ccc(S(=O)(=O)N3CCOCC3)cc2)sc2ccc(C)c(C)c21. The molecule has 7 nitrogen and oxygen atoms in total. The van der Waals surface area contributed by atoms with Crippen LogP contribution in [0, 0.1) is 13.8 Å². The summed E-state index contributed by atoms with van der Waals surface area (Å²) in [6.07, 6.45) is 0. The molecule has 1 saturated heterocycles. The van der Waals surface area contributed by atoms with E-state index in [9.17, 15) is 13.2 Å². The van der Waals surface area contributed by atoms with Gasteiger partial charge in [0, 0.05) is 25.2 Å². The van der Waals surface area contributed by atoms with E-state index >= 15 is 0 Å². The summed E-state index contributed by atoms with van der Waals surface area (Å²) in [6.45, 7) is 8.33. The second-order valence-electron chi connectivity index (χ2n) is 7.44. The van der Waals surface area contributed by atoms with Crippen LogP contribution in [0.15, 0.2) is 46.3 Å². The fraction of sp³-hybridized carbons (Fsp3) is 0.364. The standard InChI is InChI=1S/C22H25N3O4S2/c1-4-25-20-16(3)15(2)5-10-19(20)30-22(25)23-21(26)17-6-8-18(9-7-17)31(27,28)24-11-13-29-14-12-24/h5-10H,4,11-14H2,1-3H3. The minimum Gasteiger partial charge on any atom is -0.379 e. The van der Waals surface area contributed by atoms with Gasteiger partial charge in [0.15, 0.2) is 4.80 Å². The normalized spacial score (nSPS) is 16.2. The maximum Gasteiger partial charge on any atom is 0.279 e. The van der Waals surface area contributed by atoms with E-state index in [0.29, 0.717) is 43.2 Å². The second-order valence-corrected chi connectivity index (χ2v) is 10.4. The molecule has 0 bridgehead atoms. The number of thiazole rings is 1. The van der Waals surface area contributed by atoms with Gasteiger partial charge in [-0.05, 0) is 62.2 Å². The van der Waals surface area contributed by atoms with Gasteiger partial charge in [-0.1, -0.05) is 17.4 Å². The summed E-state index contributed by atoms with van der Waals surface area (Å²) in [7, 11) is -3.59. The molecule has 0 N–H and O–H groups in total. The fourth-order valence-corrected chi connectivity index (χ4v) is 6.24. The molecule has 0 saturated carbocycles. The first-order valence-electron chi connectivity index (χ1n) is 10.2. The third-order valence-corrected chi connectivity index (χ3v) is 8.55. The Morgan fingerprint density at radius 2 is 1.77 bits per heavy atom. The van der Waals surface area contributed by atoms with Crippen molar-refractivity contribution in [3.8, 4) is 0 Å². The smallest absolute Gasteiger partial charge is 0.279 e. The summed E-state index contributed by atoms with van der Waals surface area (Å²) in [6, 6.07) is 10.1. The number of aromatic nitrogens is 1. The highest BCUT2D eigenvalue weighted by Crippen LogP contribution is 2.24. The topological polar surface area (TPSA) is 81.0 Å². The summed E-state index contributed by atoms with van der Waals surface area (Å²) < 4.78 is 35.3. The Bertz CT molecular complexity index is 1300. The Labute approximate surface area is 185 Å². The number of hydrogen-bond donors (Lipinski definition) is 0. The van der Waals surface area contributed by atoms with Gasteiger partial charge in [-0.3, -0.25) is 4.79 Å². The Balaban J connectivity index is 1.66. The number of nitrogens with zero attached hydrogens (tertiary/aromatic N) is 3. The Hall–Kier alpha value is -2.33. The summed E-state index contributed by atoms with van der Waals surface area (Å²) in [5.74, 6) is -0.390. The van der Waals surface area contributed by atoms with Crippen LogP contribution in [0.5, 0.6) is 0 Å². The maximum absolute atomic E-state index is 12.8. The second kappa shape index (κ2) is 8.66. The predicted octanol–water partition coefficient (Wildman–Crippen LogP) is 3.10. The zero-order chi connectivity index (χ0) is 22.2. The first-order chi connectivity index (χ1) is 14.8. The molecule has 9 heteroatoms. The highest BCUT2D eigenvalue weighted by Gasteiger charge is 2.26. The van der Waals surface area contributed by atoms with Gasteiger partial charge in [-0.2, -0.15) is 9.30 Å². The van der Waals surface area contributed by atoms with Gasteiger partial charge >= 0.3 is 0 Å². The highest BCUT2D eigenvalue weighted by molar-refractivity contribution is 7.89. The molecular formula is C22H25N3O4S2. The molecule has 3 aromatic rings. The lowest BCUT2D eigenvalue weighted by atomic mass is 10.1. The van der Waals surface area contributed by atoms with Crippen molar-refractivity contribution in [1.29, 1.82) is 0 Å². The molecule has 2 aromatic carbocycles. The maximum atomic E-state index is 12.8. The van der Waals surface area contributed by atoms with E-state index in [0.717, 1.165) is 10.2 Å². The molecule has 1 aromatic heterocycles. The number of amides is 1. The monoisotopic (exact) mass is 459 g/mol. The number of benzene rings is 2. The van der Waals surface area contributed by atoms with Crippen molar-refractivity contribution >= 4 is 37.5 Å². The van der Waals surface area contributed by atoms with Crippen LogP contribution in [0.25, 0.3) is 10.2 Å². The zero-order valence-electron chi connectivity index (χ0n) is 17.8. The van der Waals surface area contributed by atoms with Crippen molar-refractivity contribution in [3.05, 3.63) is 57.9 Å². The first-order valence-corrected chi connectivity index (χ1v) is 12.4. The molecule has 1 aliphatic heterocycles. The fourth-order valence-electron chi connectivity index (χ4n) is 3.68. The van der Waals surface area contributed by atoms with Crippen LogP contribution in [-0.2, 0) is 21.3 Å². The summed E-state index contributed by atoms with van der Waals surface area (Å²) in [5, 5.41) is 0. The lowest BCUT2D eigenvalue weighted by Gasteiger charge is -2.26. The molecule has 4 rings (SSSR count). The van der Waals surface area contributed by atoms with Crippen molar-refractivity contribution < 1.29 is 17.9 Å². The molecule has 0 aliphatic carbocycles. The van der Waals surface area contributed by atoms with Gasteiger partial charge in [0.2, 0.25) is 10.0 Å². The summed E-state index contributed by atoms with van der Waals surface area (Å²) in [4.78, 5) is 18.0. The summed E-state index contributed by atoms with van der Waals surface area (Å²) >= 11 is 1.48. The average molecular weight is 460 g/mol. The van der Waals surface area contributed by atoms with E-state index in [-0.39, 0.29) is 4.90 Å². The summed E-state index contributed by atoms with van der Waals surface area (Å²) in [5.41, 5.74) is 3.84. The van der Waals surface area contributed by atoms with Crippen LogP contribution in [0.2, 0.25) is 0 Å². The van der Waals surface area contributed by atoms with Crippen molar-refractivity contribution in [1.82, 2.24) is 8.87 Å². The Kier molecular flexibility index (Phi) is 6.11. The molecule has 0 spiro atoms. The number of ether oxygens (including phenoxy) is 1. The molecule has 164 valence electrons. The molecule has 0 atom stereocenters. The first kappa shape index (κ1) is 21.9. The van der Waals surface area contributed by atoms with Crippen LogP contribution in [0.4, 0.5) is 0 Å². The molecule has 1 amide bonds. The van der Waals surface area contributed by atoms with Crippen LogP contribution in [0.3, 0.4) is 0 Å². The molecule has 1 fully saturated rings. The van der Waals surface area contributed by atoms with Crippen LogP contribution in [0.1, 0.15) is 28.4 Å². The minimum absolute atomic E-state index is 0.169. The molecule has 0 radical (unpaired) electrons. The van der Waals surface area contributed by atoms with Gasteiger partial charge < -0.3 is 9.30 Å². The number of sulfonamides is 1. The highest BCUT2D eigenvalue weighted by atomic mass is 32.2. The Morgan fingerprint density at radius 3 is 2.42 bits per heavy atom. The van der Waals surface area contributed by atoms with Crippen LogP contribution >= 0.6 is 11.3 Å². The van der Waals surface area contributed by atoms with Crippen molar-refractivity contribution in [2.24, 2.45) is 4.99 Å². The third kappa shape index (κ3) is 4.10. The van der Waals surface area contributed by atoms with Crippen LogP contribution in [-0.4, -0.2) is 49.5 Å². The number of carbonyl (C=O) groups is 1. The number of carbonyl (C=O) groups excluding carboxylic acids is 1. The van der Waals surface area contributed by atoms with Gasteiger partial charge in [0.25, 0.3) is 5.91 Å². The van der Waals surface area contributed by atoms with E-state index in [1.165, 1.54) is 51.0 Å².